The van der Waals surface area contributed by atoms with Crippen molar-refractivity contribution in [2.45, 2.75) is 26.2 Å². The van der Waals surface area contributed by atoms with Gasteiger partial charge in [-0.05, 0) is 6.42 Å². The van der Waals surface area contributed by atoms with Crippen LogP contribution in [0, 0.1) is 0 Å². The number of amides is 1. The Labute approximate surface area is 94.7 Å². The van der Waals surface area contributed by atoms with Crippen LogP contribution in [0.25, 0.3) is 0 Å². The lowest BCUT2D eigenvalue weighted by molar-refractivity contribution is -0.131. The van der Waals surface area contributed by atoms with E-state index in [9.17, 15) is 4.79 Å². The molecule has 1 aromatic rings. The van der Waals surface area contributed by atoms with Gasteiger partial charge in [0.2, 0.25) is 5.91 Å². The van der Waals surface area contributed by atoms with Crippen LogP contribution in [-0.2, 0) is 11.2 Å². The van der Waals surface area contributed by atoms with E-state index in [0.717, 1.165) is 6.42 Å². The minimum absolute atomic E-state index is 0.00798. The number of H-pyrrole nitrogens is 1. The fraction of sp³-hybridized carbons (Fsp3) is 0.700. The lowest BCUT2D eigenvalue weighted by Crippen LogP contribution is -2.34. The van der Waals surface area contributed by atoms with Gasteiger partial charge in [0.15, 0.2) is 0 Å². The van der Waals surface area contributed by atoms with Crippen molar-refractivity contribution in [3.63, 3.8) is 0 Å². The van der Waals surface area contributed by atoms with Gasteiger partial charge in [0.25, 0.3) is 0 Å². The molecule has 0 unspecified atom stereocenters. The van der Waals surface area contributed by atoms with E-state index in [0.29, 0.717) is 31.8 Å². The average molecular weight is 226 g/mol. The number of nitrogens with zero attached hydrogens (tertiary/aromatic N) is 3. The van der Waals surface area contributed by atoms with Crippen LogP contribution in [0.3, 0.4) is 0 Å². The molecule has 1 heterocycles. The quantitative estimate of drug-likeness (QED) is 0.684. The summed E-state index contributed by atoms with van der Waals surface area (Å²) in [5.41, 5.74) is 0. The monoisotopic (exact) mass is 226 g/mol. The van der Waals surface area contributed by atoms with E-state index in [1.54, 1.807) is 4.90 Å². The second-order valence-corrected chi connectivity index (χ2v) is 3.54. The highest BCUT2D eigenvalue weighted by Gasteiger charge is 2.12. The summed E-state index contributed by atoms with van der Waals surface area (Å²) < 4.78 is 0. The third kappa shape index (κ3) is 3.98. The molecule has 0 aliphatic carbocycles. The molecule has 0 saturated carbocycles. The molecule has 90 valence electrons. The van der Waals surface area contributed by atoms with Gasteiger partial charge in [-0.15, -0.1) is 0 Å². The molecule has 0 aromatic carbocycles. The number of carbonyl (C=O) groups is 1. The van der Waals surface area contributed by atoms with Crippen molar-refractivity contribution in [1.29, 1.82) is 0 Å². The van der Waals surface area contributed by atoms with Gasteiger partial charge in [-0.3, -0.25) is 9.89 Å². The van der Waals surface area contributed by atoms with E-state index >= 15 is 0 Å². The number of aromatic amines is 1. The molecule has 0 saturated heterocycles. The Bertz CT molecular complexity index is 294. The van der Waals surface area contributed by atoms with Crippen molar-refractivity contribution in [2.75, 3.05) is 19.7 Å². The maximum Gasteiger partial charge on any atom is 0.223 e. The van der Waals surface area contributed by atoms with Gasteiger partial charge in [-0.2, -0.15) is 5.10 Å². The largest absolute Gasteiger partial charge is 0.395 e. The van der Waals surface area contributed by atoms with Crippen molar-refractivity contribution in [2.24, 2.45) is 0 Å². The molecule has 0 spiro atoms. The summed E-state index contributed by atoms with van der Waals surface area (Å²) in [6, 6.07) is 0. The Balaban J connectivity index is 2.36. The van der Waals surface area contributed by atoms with Gasteiger partial charge >= 0.3 is 0 Å². The van der Waals surface area contributed by atoms with E-state index in [1.165, 1.54) is 6.33 Å². The Morgan fingerprint density at radius 1 is 1.56 bits per heavy atom. The molecule has 2 N–H and O–H groups in total. The summed E-state index contributed by atoms with van der Waals surface area (Å²) in [5.74, 6) is 0.765. The lowest BCUT2D eigenvalue weighted by Gasteiger charge is -2.20. The normalized spacial score (nSPS) is 10.4. The van der Waals surface area contributed by atoms with Crippen molar-refractivity contribution in [3.8, 4) is 0 Å². The number of rotatable bonds is 7. The highest BCUT2D eigenvalue weighted by Crippen LogP contribution is 2.00. The van der Waals surface area contributed by atoms with Crippen LogP contribution in [0.2, 0.25) is 0 Å². The molecule has 1 aromatic heterocycles. The summed E-state index contributed by atoms with van der Waals surface area (Å²) >= 11 is 0. The zero-order valence-electron chi connectivity index (χ0n) is 9.52. The number of nitrogens with one attached hydrogen (secondary N) is 1. The summed E-state index contributed by atoms with van der Waals surface area (Å²) in [7, 11) is 0. The first-order valence-corrected chi connectivity index (χ1v) is 5.50. The average Bonchev–Trinajstić information content (AvgIpc) is 2.78. The molecule has 1 amide bonds. The molecule has 0 aliphatic rings. The Morgan fingerprint density at radius 2 is 2.38 bits per heavy atom. The van der Waals surface area contributed by atoms with Crippen LogP contribution in [0.1, 0.15) is 25.6 Å². The van der Waals surface area contributed by atoms with Gasteiger partial charge in [0.05, 0.1) is 6.61 Å². The molecule has 0 radical (unpaired) electrons. The van der Waals surface area contributed by atoms with E-state index < -0.39 is 0 Å². The highest BCUT2D eigenvalue weighted by molar-refractivity contribution is 5.76. The highest BCUT2D eigenvalue weighted by atomic mass is 16.3. The molecule has 6 heteroatoms. The van der Waals surface area contributed by atoms with Crippen LogP contribution in [0.5, 0.6) is 0 Å². The van der Waals surface area contributed by atoms with Crippen molar-refractivity contribution < 1.29 is 9.90 Å². The molecule has 0 bridgehead atoms. The number of hydrogen-bond acceptors (Lipinski definition) is 4. The summed E-state index contributed by atoms with van der Waals surface area (Å²) in [6.45, 7) is 3.11. The zero-order valence-corrected chi connectivity index (χ0v) is 9.52. The molecule has 0 aliphatic heterocycles. The van der Waals surface area contributed by atoms with Gasteiger partial charge < -0.3 is 10.0 Å². The fourth-order valence-corrected chi connectivity index (χ4v) is 1.49. The summed E-state index contributed by atoms with van der Waals surface area (Å²) in [4.78, 5) is 17.4. The second kappa shape index (κ2) is 6.95. The first-order chi connectivity index (χ1) is 7.77. The lowest BCUT2D eigenvalue weighted by atomic mass is 10.2. The Morgan fingerprint density at radius 3 is 2.94 bits per heavy atom. The topological polar surface area (TPSA) is 82.1 Å². The summed E-state index contributed by atoms with van der Waals surface area (Å²) in [5, 5.41) is 15.3. The van der Waals surface area contributed by atoms with E-state index in [2.05, 4.69) is 15.2 Å². The molecular weight excluding hydrogens is 208 g/mol. The summed E-state index contributed by atoms with van der Waals surface area (Å²) in [6.07, 6.45) is 3.28. The third-order valence-corrected chi connectivity index (χ3v) is 2.26. The molecule has 0 fully saturated rings. The first kappa shape index (κ1) is 12.6. The Kier molecular flexibility index (Phi) is 5.49. The SMILES string of the molecule is CCCN(CCO)C(=O)CCc1ncn[nH]1. The molecule has 16 heavy (non-hydrogen) atoms. The molecule has 0 atom stereocenters. The predicted molar refractivity (Wildman–Crippen MR) is 58.7 cm³/mol. The van der Waals surface area contributed by atoms with Gasteiger partial charge in [-0.1, -0.05) is 6.92 Å². The maximum atomic E-state index is 11.8. The predicted octanol–water partition coefficient (Wildman–Crippen LogP) is -0.0318. The molecule has 1 rings (SSSR count). The maximum absolute atomic E-state index is 11.8. The number of carbonyl (C=O) groups excluding carboxylic acids is 1. The van der Waals surface area contributed by atoms with Gasteiger partial charge in [0, 0.05) is 25.9 Å². The van der Waals surface area contributed by atoms with Crippen LogP contribution in [0.15, 0.2) is 6.33 Å². The van der Waals surface area contributed by atoms with Crippen LogP contribution in [-0.4, -0.2) is 50.8 Å². The standard InChI is InChI=1S/C10H18N4O2/c1-2-5-14(6-7-15)10(16)4-3-9-11-8-12-13-9/h8,15H,2-7H2,1H3,(H,11,12,13). The molecule has 6 nitrogen and oxygen atoms in total. The first-order valence-electron chi connectivity index (χ1n) is 5.50. The van der Waals surface area contributed by atoms with E-state index in [1.807, 2.05) is 6.92 Å². The number of aliphatic hydroxyl groups is 1. The molecular formula is C10H18N4O2. The van der Waals surface area contributed by atoms with Gasteiger partial charge in [0.1, 0.15) is 12.2 Å². The minimum Gasteiger partial charge on any atom is -0.395 e. The van der Waals surface area contributed by atoms with Crippen LogP contribution < -0.4 is 0 Å². The third-order valence-electron chi connectivity index (χ3n) is 2.26. The smallest absolute Gasteiger partial charge is 0.223 e. The fourth-order valence-electron chi connectivity index (χ4n) is 1.49. The van der Waals surface area contributed by atoms with Gasteiger partial charge in [-0.25, -0.2) is 4.98 Å². The van der Waals surface area contributed by atoms with Crippen molar-refractivity contribution in [1.82, 2.24) is 20.1 Å². The Hall–Kier alpha value is -1.43. The van der Waals surface area contributed by atoms with Crippen molar-refractivity contribution >= 4 is 5.91 Å². The van der Waals surface area contributed by atoms with Crippen LogP contribution >= 0.6 is 0 Å². The number of aryl methyl sites for hydroxylation is 1. The number of aromatic nitrogens is 3. The van der Waals surface area contributed by atoms with Crippen LogP contribution in [0.4, 0.5) is 0 Å². The van der Waals surface area contributed by atoms with Crippen molar-refractivity contribution in [3.05, 3.63) is 12.2 Å². The number of aliphatic hydroxyl groups excluding tert-OH is 1. The minimum atomic E-state index is 0.00798. The van der Waals surface area contributed by atoms with E-state index in [4.69, 9.17) is 5.11 Å². The zero-order chi connectivity index (χ0) is 11.8. The van der Waals surface area contributed by atoms with E-state index in [-0.39, 0.29) is 12.5 Å². The second-order valence-electron chi connectivity index (χ2n) is 3.54. The number of hydrogen-bond donors (Lipinski definition) is 2.